The molecule has 78 valence electrons. The zero-order chi connectivity index (χ0) is 10.8. The molecule has 0 aromatic carbocycles. The number of aromatic nitrogens is 1. The molecule has 2 amide bonds. The predicted octanol–water partition coefficient (Wildman–Crippen LogP) is 1.18. The summed E-state index contributed by atoms with van der Waals surface area (Å²) >= 11 is 1.17. The van der Waals surface area contributed by atoms with Crippen molar-refractivity contribution in [3.8, 4) is 0 Å². The van der Waals surface area contributed by atoms with Gasteiger partial charge in [-0.1, -0.05) is 0 Å². The number of carbonyl (C=O) groups excluding carboxylic acids is 2. The van der Waals surface area contributed by atoms with Crippen molar-refractivity contribution in [2.24, 2.45) is 5.18 Å². The number of thiazole rings is 1. The molecule has 1 saturated heterocycles. The largest absolute Gasteiger partial charge is 0.335 e. The molecule has 0 saturated carbocycles. The molecular weight excluding hydrogens is 218 g/mol. The van der Waals surface area contributed by atoms with Crippen LogP contribution in [0.1, 0.15) is 23.3 Å². The van der Waals surface area contributed by atoms with E-state index in [-0.39, 0.29) is 11.6 Å². The van der Waals surface area contributed by atoms with Crippen LogP contribution in [-0.2, 0) is 4.79 Å². The van der Waals surface area contributed by atoms with Gasteiger partial charge in [-0.2, -0.15) is 0 Å². The number of anilines is 1. The molecule has 7 heteroatoms. The fourth-order valence-electron chi connectivity index (χ4n) is 1.38. The van der Waals surface area contributed by atoms with Gasteiger partial charge in [-0.3, -0.25) is 14.5 Å². The van der Waals surface area contributed by atoms with E-state index in [4.69, 9.17) is 0 Å². The lowest BCUT2D eigenvalue weighted by atomic mass is 10.4. The SMILES string of the molecule is O=NC(=O)c1csc(N2CCCC2=O)n1. The van der Waals surface area contributed by atoms with Crippen LogP contribution in [-0.4, -0.2) is 23.3 Å². The highest BCUT2D eigenvalue weighted by Gasteiger charge is 2.25. The molecule has 1 aromatic rings. The Morgan fingerprint density at radius 2 is 2.40 bits per heavy atom. The summed E-state index contributed by atoms with van der Waals surface area (Å²) < 4.78 is 0. The Morgan fingerprint density at radius 1 is 1.60 bits per heavy atom. The maximum absolute atomic E-state index is 11.3. The van der Waals surface area contributed by atoms with E-state index in [2.05, 4.69) is 10.2 Å². The Labute approximate surface area is 88.9 Å². The van der Waals surface area contributed by atoms with Crippen molar-refractivity contribution in [3.05, 3.63) is 16.0 Å². The standard InChI is InChI=1S/C8H7N3O3S/c12-6-2-1-3-11(6)8-9-5(4-15-8)7(13)10-14/h4H,1-3H2. The molecule has 2 rings (SSSR count). The van der Waals surface area contributed by atoms with Crippen LogP contribution in [0.25, 0.3) is 0 Å². The first-order chi connectivity index (χ1) is 7.22. The van der Waals surface area contributed by atoms with E-state index in [1.54, 1.807) is 0 Å². The Balaban J connectivity index is 2.23. The van der Waals surface area contributed by atoms with E-state index < -0.39 is 5.91 Å². The quantitative estimate of drug-likeness (QED) is 0.708. The van der Waals surface area contributed by atoms with Crippen molar-refractivity contribution in [1.82, 2.24) is 4.98 Å². The molecule has 1 fully saturated rings. The van der Waals surface area contributed by atoms with E-state index in [0.29, 0.717) is 18.1 Å². The zero-order valence-electron chi connectivity index (χ0n) is 7.67. The third-order valence-electron chi connectivity index (χ3n) is 2.10. The number of hydrogen-bond acceptors (Lipinski definition) is 5. The lowest BCUT2D eigenvalue weighted by Crippen LogP contribution is -2.23. The lowest BCUT2D eigenvalue weighted by Gasteiger charge is -2.09. The number of rotatable bonds is 2. The minimum Gasteiger partial charge on any atom is -0.288 e. The van der Waals surface area contributed by atoms with Gasteiger partial charge in [0.2, 0.25) is 5.91 Å². The molecule has 1 aliphatic heterocycles. The Morgan fingerprint density at radius 3 is 3.00 bits per heavy atom. The average molecular weight is 225 g/mol. The van der Waals surface area contributed by atoms with Crippen LogP contribution in [0.3, 0.4) is 0 Å². The minimum absolute atomic E-state index is 0.00223. The van der Waals surface area contributed by atoms with Crippen molar-refractivity contribution in [2.45, 2.75) is 12.8 Å². The molecule has 0 atom stereocenters. The molecule has 0 aliphatic carbocycles. The van der Waals surface area contributed by atoms with Crippen molar-refractivity contribution in [3.63, 3.8) is 0 Å². The maximum Gasteiger partial charge on any atom is 0.335 e. The van der Waals surface area contributed by atoms with Gasteiger partial charge >= 0.3 is 5.91 Å². The number of nitrogens with zero attached hydrogens (tertiary/aromatic N) is 3. The Bertz CT molecular complexity index is 429. The summed E-state index contributed by atoms with van der Waals surface area (Å²) in [7, 11) is 0. The predicted molar refractivity (Wildman–Crippen MR) is 53.8 cm³/mol. The summed E-state index contributed by atoms with van der Waals surface area (Å²) in [5.74, 6) is -0.897. The van der Waals surface area contributed by atoms with Crippen LogP contribution in [0.4, 0.5) is 5.13 Å². The molecule has 0 spiro atoms. The molecule has 0 N–H and O–H groups in total. The van der Waals surface area contributed by atoms with E-state index in [0.717, 1.165) is 6.42 Å². The van der Waals surface area contributed by atoms with Gasteiger partial charge in [-0.25, -0.2) is 4.98 Å². The highest BCUT2D eigenvalue weighted by atomic mass is 32.1. The summed E-state index contributed by atoms with van der Waals surface area (Å²) in [6.07, 6.45) is 1.31. The first-order valence-corrected chi connectivity index (χ1v) is 5.24. The highest BCUT2D eigenvalue weighted by molar-refractivity contribution is 7.14. The monoisotopic (exact) mass is 225 g/mol. The molecule has 1 aliphatic rings. The van der Waals surface area contributed by atoms with E-state index >= 15 is 0 Å². The second kappa shape index (κ2) is 3.85. The van der Waals surface area contributed by atoms with Crippen LogP contribution in [0, 0.1) is 4.91 Å². The van der Waals surface area contributed by atoms with Gasteiger partial charge in [0.05, 0.1) is 0 Å². The molecule has 0 unspecified atom stereocenters. The summed E-state index contributed by atoms with van der Waals surface area (Å²) in [6, 6.07) is 0. The molecule has 2 heterocycles. The number of nitroso groups, excluding NO2 is 1. The van der Waals surface area contributed by atoms with Crippen LogP contribution in [0.15, 0.2) is 10.6 Å². The zero-order valence-corrected chi connectivity index (χ0v) is 8.49. The summed E-state index contributed by atoms with van der Waals surface area (Å²) in [5, 5.41) is 4.17. The molecule has 0 radical (unpaired) electrons. The van der Waals surface area contributed by atoms with E-state index in [9.17, 15) is 14.5 Å². The van der Waals surface area contributed by atoms with Crippen LogP contribution in [0.2, 0.25) is 0 Å². The smallest absolute Gasteiger partial charge is 0.288 e. The molecule has 1 aromatic heterocycles. The highest BCUT2D eigenvalue weighted by Crippen LogP contribution is 2.25. The Hall–Kier alpha value is -1.63. The second-order valence-corrected chi connectivity index (χ2v) is 3.90. The van der Waals surface area contributed by atoms with Gasteiger partial charge in [0, 0.05) is 23.5 Å². The minimum atomic E-state index is -0.899. The normalized spacial score (nSPS) is 15.7. The van der Waals surface area contributed by atoms with Gasteiger partial charge in [0.15, 0.2) is 5.13 Å². The maximum atomic E-state index is 11.3. The molecular formula is C8H7N3O3S. The van der Waals surface area contributed by atoms with Crippen molar-refractivity contribution >= 4 is 28.3 Å². The number of carbonyl (C=O) groups is 2. The van der Waals surface area contributed by atoms with E-state index in [1.807, 2.05) is 0 Å². The van der Waals surface area contributed by atoms with Gasteiger partial charge < -0.3 is 0 Å². The van der Waals surface area contributed by atoms with Gasteiger partial charge in [0.25, 0.3) is 0 Å². The summed E-state index contributed by atoms with van der Waals surface area (Å²) in [4.78, 5) is 37.6. The first-order valence-electron chi connectivity index (χ1n) is 4.36. The summed E-state index contributed by atoms with van der Waals surface area (Å²) in [6.45, 7) is 0.620. The molecule has 15 heavy (non-hydrogen) atoms. The second-order valence-electron chi connectivity index (χ2n) is 3.06. The van der Waals surface area contributed by atoms with Crippen LogP contribution in [0.5, 0.6) is 0 Å². The van der Waals surface area contributed by atoms with Gasteiger partial charge in [-0.15, -0.1) is 16.2 Å². The van der Waals surface area contributed by atoms with Crippen LogP contribution < -0.4 is 4.90 Å². The number of amides is 2. The third kappa shape index (κ3) is 1.78. The first kappa shape index (κ1) is 9.91. The number of hydrogen-bond donors (Lipinski definition) is 0. The fourth-order valence-corrected chi connectivity index (χ4v) is 2.23. The van der Waals surface area contributed by atoms with Crippen molar-refractivity contribution in [2.75, 3.05) is 11.4 Å². The lowest BCUT2D eigenvalue weighted by molar-refractivity contribution is -0.117. The molecule has 6 nitrogen and oxygen atoms in total. The van der Waals surface area contributed by atoms with Crippen LogP contribution >= 0.6 is 11.3 Å². The average Bonchev–Trinajstić information content (AvgIpc) is 2.84. The van der Waals surface area contributed by atoms with Gasteiger partial charge in [-0.05, 0) is 6.42 Å². The third-order valence-corrected chi connectivity index (χ3v) is 2.96. The fraction of sp³-hybridized carbons (Fsp3) is 0.375. The van der Waals surface area contributed by atoms with Crippen molar-refractivity contribution in [1.29, 1.82) is 0 Å². The molecule has 0 bridgehead atoms. The van der Waals surface area contributed by atoms with Gasteiger partial charge in [0.1, 0.15) is 5.69 Å². The topological polar surface area (TPSA) is 79.7 Å². The van der Waals surface area contributed by atoms with Crippen molar-refractivity contribution < 1.29 is 9.59 Å². The van der Waals surface area contributed by atoms with E-state index in [1.165, 1.54) is 21.6 Å². The summed E-state index contributed by atoms with van der Waals surface area (Å²) in [5.41, 5.74) is 0.00435. The Kier molecular flexibility index (Phi) is 2.55.